The van der Waals surface area contributed by atoms with Gasteiger partial charge in [-0.25, -0.2) is 9.80 Å². The molecule has 1 aromatic rings. The van der Waals surface area contributed by atoms with Crippen molar-refractivity contribution in [2.24, 2.45) is 10.4 Å². The van der Waals surface area contributed by atoms with E-state index in [9.17, 15) is 9.59 Å². The van der Waals surface area contributed by atoms with Crippen LogP contribution in [0.3, 0.4) is 0 Å². The molecule has 0 bridgehead atoms. The molecule has 0 radical (unpaired) electrons. The number of likely N-dealkylation sites (tertiary alicyclic amines) is 1. The van der Waals surface area contributed by atoms with Gasteiger partial charge >= 0.3 is 6.03 Å². The molecule has 1 fully saturated rings. The van der Waals surface area contributed by atoms with E-state index in [1.54, 1.807) is 4.90 Å². The molecule has 1 saturated heterocycles. The van der Waals surface area contributed by atoms with Crippen LogP contribution in [0, 0.1) is 6.92 Å². The molecule has 2 aliphatic heterocycles. The molecule has 7 heteroatoms. The fourth-order valence-electron chi connectivity index (χ4n) is 2.98. The molecule has 0 aliphatic carbocycles. The first kappa shape index (κ1) is 15.5. The highest BCUT2D eigenvalue weighted by molar-refractivity contribution is 5.80. The minimum Gasteiger partial charge on any atom is -0.320 e. The summed E-state index contributed by atoms with van der Waals surface area (Å²) in [6.45, 7) is 4.71. The second kappa shape index (κ2) is 6.36. The summed E-state index contributed by atoms with van der Waals surface area (Å²) in [4.78, 5) is 26.1. The molecule has 0 N–H and O–H groups in total. The van der Waals surface area contributed by atoms with Gasteiger partial charge < -0.3 is 4.90 Å². The van der Waals surface area contributed by atoms with E-state index in [-0.39, 0.29) is 12.1 Å². The molecule has 3 rings (SSSR count). The minimum absolute atomic E-state index is 0.159. The standard InChI is InChI=1S/C16H21N5O2/c1-12-6-8-14(9-7-12)20-15(11-22)21(18-17-20)16(23)19-10-4-3-5-13(19)2/h6-9,11,13,15H,3-5,10H2,1-2H3. The quantitative estimate of drug-likeness (QED) is 0.788. The van der Waals surface area contributed by atoms with E-state index in [4.69, 9.17) is 0 Å². The lowest BCUT2D eigenvalue weighted by molar-refractivity contribution is -0.111. The summed E-state index contributed by atoms with van der Waals surface area (Å²) in [5.74, 6) is 0. The van der Waals surface area contributed by atoms with Crippen molar-refractivity contribution in [1.82, 2.24) is 9.91 Å². The molecule has 2 atom stereocenters. The molecular formula is C16H21N5O2. The summed E-state index contributed by atoms with van der Waals surface area (Å²) in [5, 5.41) is 10.6. The van der Waals surface area contributed by atoms with Gasteiger partial charge in [0.05, 0.1) is 5.69 Å². The van der Waals surface area contributed by atoms with Gasteiger partial charge in [0, 0.05) is 12.6 Å². The number of carbonyl (C=O) groups is 2. The Bertz CT molecular complexity index is 615. The van der Waals surface area contributed by atoms with E-state index >= 15 is 0 Å². The van der Waals surface area contributed by atoms with Gasteiger partial charge in [-0.1, -0.05) is 17.7 Å². The summed E-state index contributed by atoms with van der Waals surface area (Å²) in [5.41, 5.74) is 1.85. The fourth-order valence-corrected chi connectivity index (χ4v) is 2.98. The fraction of sp³-hybridized carbons (Fsp3) is 0.500. The SMILES string of the molecule is Cc1ccc(N2N=NN(C(=O)N3CCCCC3C)C2C=O)cc1. The van der Waals surface area contributed by atoms with Crippen LogP contribution in [0.25, 0.3) is 0 Å². The monoisotopic (exact) mass is 315 g/mol. The van der Waals surface area contributed by atoms with Gasteiger partial charge in [0.1, 0.15) is 0 Å². The highest BCUT2D eigenvalue weighted by Crippen LogP contribution is 2.27. The van der Waals surface area contributed by atoms with Gasteiger partial charge in [-0.05, 0) is 55.7 Å². The van der Waals surface area contributed by atoms with Crippen molar-refractivity contribution in [1.29, 1.82) is 0 Å². The third-order valence-corrected chi connectivity index (χ3v) is 4.40. The lowest BCUT2D eigenvalue weighted by Gasteiger charge is -2.35. The molecule has 7 nitrogen and oxygen atoms in total. The third-order valence-electron chi connectivity index (χ3n) is 4.40. The molecule has 0 aromatic heterocycles. The molecule has 23 heavy (non-hydrogen) atoms. The van der Waals surface area contributed by atoms with E-state index in [2.05, 4.69) is 10.4 Å². The number of hydrogen-bond acceptors (Lipinski definition) is 5. The predicted molar refractivity (Wildman–Crippen MR) is 85.6 cm³/mol. The molecule has 2 aliphatic rings. The highest BCUT2D eigenvalue weighted by Gasteiger charge is 2.39. The van der Waals surface area contributed by atoms with Crippen LogP contribution in [0.4, 0.5) is 10.5 Å². The van der Waals surface area contributed by atoms with Crippen LogP contribution in [0.15, 0.2) is 34.7 Å². The number of amides is 2. The number of aldehydes is 1. The maximum absolute atomic E-state index is 12.7. The zero-order valence-corrected chi connectivity index (χ0v) is 13.4. The molecule has 0 saturated carbocycles. The summed E-state index contributed by atoms with van der Waals surface area (Å²) in [7, 11) is 0. The number of piperidine rings is 1. The second-order valence-corrected chi connectivity index (χ2v) is 6.07. The first-order valence-corrected chi connectivity index (χ1v) is 7.94. The molecule has 0 spiro atoms. The normalized spacial score (nSPS) is 24.2. The molecule has 122 valence electrons. The largest absolute Gasteiger partial charge is 0.344 e. The van der Waals surface area contributed by atoms with E-state index < -0.39 is 6.17 Å². The van der Waals surface area contributed by atoms with Gasteiger partial charge in [-0.3, -0.25) is 4.79 Å². The van der Waals surface area contributed by atoms with Crippen molar-refractivity contribution in [2.45, 2.75) is 45.3 Å². The molecule has 2 heterocycles. The molecule has 1 aromatic carbocycles. The molecule has 2 unspecified atom stereocenters. The summed E-state index contributed by atoms with van der Waals surface area (Å²) in [6.07, 6.45) is 2.95. The lowest BCUT2D eigenvalue weighted by atomic mass is 10.0. The minimum atomic E-state index is -0.834. The number of hydrogen-bond donors (Lipinski definition) is 0. The number of nitrogens with zero attached hydrogens (tertiary/aromatic N) is 5. The van der Waals surface area contributed by atoms with Crippen LogP contribution in [-0.4, -0.2) is 41.0 Å². The van der Waals surface area contributed by atoms with Crippen molar-refractivity contribution in [3.63, 3.8) is 0 Å². The third kappa shape index (κ3) is 2.91. The Morgan fingerprint density at radius 1 is 1.22 bits per heavy atom. The van der Waals surface area contributed by atoms with Crippen molar-refractivity contribution < 1.29 is 9.59 Å². The van der Waals surface area contributed by atoms with Crippen molar-refractivity contribution in [3.05, 3.63) is 29.8 Å². The highest BCUT2D eigenvalue weighted by atomic mass is 16.2. The zero-order chi connectivity index (χ0) is 16.4. The van der Waals surface area contributed by atoms with Crippen LogP contribution in [0.1, 0.15) is 31.7 Å². The predicted octanol–water partition coefficient (Wildman–Crippen LogP) is 2.92. The smallest absolute Gasteiger partial charge is 0.320 e. The first-order chi connectivity index (χ1) is 11.1. The van der Waals surface area contributed by atoms with Crippen LogP contribution >= 0.6 is 0 Å². The van der Waals surface area contributed by atoms with Gasteiger partial charge in [0.15, 0.2) is 6.29 Å². The number of carbonyl (C=O) groups excluding carboxylic acids is 2. The Labute approximate surface area is 135 Å². The van der Waals surface area contributed by atoms with Crippen LogP contribution in [0.5, 0.6) is 0 Å². The van der Waals surface area contributed by atoms with E-state index in [1.807, 2.05) is 38.1 Å². The summed E-state index contributed by atoms with van der Waals surface area (Å²) >= 11 is 0. The van der Waals surface area contributed by atoms with Crippen molar-refractivity contribution in [2.75, 3.05) is 11.6 Å². The average molecular weight is 315 g/mol. The van der Waals surface area contributed by atoms with Crippen LogP contribution < -0.4 is 5.01 Å². The number of anilines is 1. The van der Waals surface area contributed by atoms with Crippen LogP contribution in [-0.2, 0) is 4.79 Å². The molecular weight excluding hydrogens is 294 g/mol. The second-order valence-electron chi connectivity index (χ2n) is 6.07. The zero-order valence-electron chi connectivity index (χ0n) is 13.4. The van der Waals surface area contributed by atoms with Gasteiger partial charge in [-0.15, -0.1) is 0 Å². The van der Waals surface area contributed by atoms with Crippen molar-refractivity contribution >= 4 is 18.0 Å². The van der Waals surface area contributed by atoms with E-state index in [0.717, 1.165) is 30.5 Å². The Morgan fingerprint density at radius 2 is 1.96 bits per heavy atom. The van der Waals surface area contributed by atoms with Gasteiger partial charge in [-0.2, -0.15) is 5.01 Å². The number of rotatable bonds is 2. The number of urea groups is 1. The number of benzene rings is 1. The Morgan fingerprint density at radius 3 is 2.61 bits per heavy atom. The van der Waals surface area contributed by atoms with Gasteiger partial charge in [0.2, 0.25) is 6.17 Å². The molecule has 2 amide bonds. The maximum atomic E-state index is 12.7. The topological polar surface area (TPSA) is 68.6 Å². The van der Waals surface area contributed by atoms with E-state index in [0.29, 0.717) is 12.8 Å². The van der Waals surface area contributed by atoms with Gasteiger partial charge in [0.25, 0.3) is 0 Å². The summed E-state index contributed by atoms with van der Waals surface area (Å²) < 4.78 is 0. The first-order valence-electron chi connectivity index (χ1n) is 7.94. The lowest BCUT2D eigenvalue weighted by Crippen LogP contribution is -2.52. The number of aryl methyl sites for hydroxylation is 1. The summed E-state index contributed by atoms with van der Waals surface area (Å²) in [6, 6.07) is 7.50. The Kier molecular flexibility index (Phi) is 4.27. The van der Waals surface area contributed by atoms with Crippen LogP contribution in [0.2, 0.25) is 0 Å². The Hall–Kier alpha value is -2.44. The Balaban J connectivity index is 1.79. The maximum Gasteiger partial charge on any atom is 0.344 e. The van der Waals surface area contributed by atoms with Crippen molar-refractivity contribution in [3.8, 4) is 0 Å². The van der Waals surface area contributed by atoms with E-state index in [1.165, 1.54) is 10.0 Å². The average Bonchev–Trinajstić information content (AvgIpc) is 2.99.